The van der Waals surface area contributed by atoms with E-state index in [4.69, 9.17) is 10.5 Å². The van der Waals surface area contributed by atoms with Crippen LogP contribution in [0.4, 0.5) is 0 Å². The van der Waals surface area contributed by atoms with Gasteiger partial charge >= 0.3 is 0 Å². The van der Waals surface area contributed by atoms with Crippen molar-refractivity contribution in [2.24, 2.45) is 11.7 Å². The van der Waals surface area contributed by atoms with Gasteiger partial charge in [0.15, 0.2) is 0 Å². The number of nitrogens with one attached hydrogen (secondary N) is 1. The molecular formula is C12H24N2O2. The standard InChI is InChI=1S/C12H24N2O2/c1-3-11-10(6-8-16-11)12(15)14-9(2)5-4-7-13/h9-11H,3-8,13H2,1-2H3,(H,14,15). The van der Waals surface area contributed by atoms with Crippen LogP contribution in [0, 0.1) is 5.92 Å². The lowest BCUT2D eigenvalue weighted by atomic mass is 9.98. The number of ether oxygens (including phenoxy) is 1. The Hall–Kier alpha value is -0.610. The van der Waals surface area contributed by atoms with Gasteiger partial charge in [-0.1, -0.05) is 6.92 Å². The molecule has 1 rings (SSSR count). The Morgan fingerprint density at radius 1 is 1.62 bits per heavy atom. The zero-order valence-electron chi connectivity index (χ0n) is 10.4. The van der Waals surface area contributed by atoms with Crippen LogP contribution in [0.1, 0.15) is 39.5 Å². The minimum atomic E-state index is 0.0466. The third-order valence-electron chi connectivity index (χ3n) is 3.18. The lowest BCUT2D eigenvalue weighted by molar-refractivity contribution is -0.127. The second-order valence-corrected chi connectivity index (χ2v) is 4.55. The molecule has 16 heavy (non-hydrogen) atoms. The van der Waals surface area contributed by atoms with Crippen LogP contribution in [0.5, 0.6) is 0 Å². The van der Waals surface area contributed by atoms with Gasteiger partial charge in [0.25, 0.3) is 0 Å². The molecule has 4 heteroatoms. The first-order valence-corrected chi connectivity index (χ1v) is 6.31. The average molecular weight is 228 g/mol. The molecule has 4 nitrogen and oxygen atoms in total. The highest BCUT2D eigenvalue weighted by molar-refractivity contribution is 5.79. The van der Waals surface area contributed by atoms with E-state index in [-0.39, 0.29) is 24.0 Å². The SMILES string of the molecule is CCC1OCCC1C(=O)NC(C)CCCN. The molecule has 1 fully saturated rings. The molecule has 0 aromatic rings. The molecule has 0 bridgehead atoms. The summed E-state index contributed by atoms with van der Waals surface area (Å²) >= 11 is 0. The molecule has 1 heterocycles. The van der Waals surface area contributed by atoms with E-state index in [2.05, 4.69) is 12.2 Å². The van der Waals surface area contributed by atoms with Crippen molar-refractivity contribution in [2.75, 3.05) is 13.2 Å². The molecule has 3 atom stereocenters. The molecule has 0 spiro atoms. The van der Waals surface area contributed by atoms with Crippen molar-refractivity contribution < 1.29 is 9.53 Å². The Labute approximate surface area is 97.9 Å². The number of amides is 1. The Kier molecular flexibility index (Phi) is 5.77. The first-order valence-electron chi connectivity index (χ1n) is 6.31. The molecule has 94 valence electrons. The average Bonchev–Trinajstić information content (AvgIpc) is 2.74. The maximum atomic E-state index is 12.0. The van der Waals surface area contributed by atoms with E-state index in [1.165, 1.54) is 0 Å². The zero-order valence-corrected chi connectivity index (χ0v) is 10.4. The summed E-state index contributed by atoms with van der Waals surface area (Å²) in [5.74, 6) is 0.194. The Morgan fingerprint density at radius 2 is 2.38 bits per heavy atom. The van der Waals surface area contributed by atoms with Crippen molar-refractivity contribution in [1.29, 1.82) is 0 Å². The van der Waals surface area contributed by atoms with Crippen LogP contribution >= 0.6 is 0 Å². The summed E-state index contributed by atoms with van der Waals surface area (Å²) in [6.07, 6.45) is 3.79. The maximum Gasteiger partial charge on any atom is 0.226 e. The van der Waals surface area contributed by atoms with Gasteiger partial charge in [-0.25, -0.2) is 0 Å². The van der Waals surface area contributed by atoms with Crippen LogP contribution < -0.4 is 11.1 Å². The van der Waals surface area contributed by atoms with Gasteiger partial charge in [0.1, 0.15) is 0 Å². The fourth-order valence-electron chi connectivity index (χ4n) is 2.20. The van der Waals surface area contributed by atoms with Crippen molar-refractivity contribution >= 4 is 5.91 Å². The normalized spacial score (nSPS) is 26.7. The fourth-order valence-corrected chi connectivity index (χ4v) is 2.20. The molecule has 1 aliphatic rings. The fraction of sp³-hybridized carbons (Fsp3) is 0.917. The molecule has 0 aromatic carbocycles. The molecule has 0 aliphatic carbocycles. The maximum absolute atomic E-state index is 12.0. The van der Waals surface area contributed by atoms with Gasteiger partial charge < -0.3 is 15.8 Å². The van der Waals surface area contributed by atoms with Crippen LogP contribution in [-0.4, -0.2) is 31.2 Å². The van der Waals surface area contributed by atoms with E-state index in [1.807, 2.05) is 6.92 Å². The van der Waals surface area contributed by atoms with E-state index >= 15 is 0 Å². The third-order valence-corrected chi connectivity index (χ3v) is 3.18. The Morgan fingerprint density at radius 3 is 3.00 bits per heavy atom. The number of rotatable bonds is 6. The van der Waals surface area contributed by atoms with Gasteiger partial charge in [0, 0.05) is 12.6 Å². The lowest BCUT2D eigenvalue weighted by Gasteiger charge is -2.20. The molecule has 1 amide bonds. The second-order valence-electron chi connectivity index (χ2n) is 4.55. The lowest BCUT2D eigenvalue weighted by Crippen LogP contribution is -2.40. The summed E-state index contributed by atoms with van der Waals surface area (Å²) in [5, 5.41) is 3.05. The van der Waals surface area contributed by atoms with Gasteiger partial charge in [-0.05, 0) is 39.2 Å². The van der Waals surface area contributed by atoms with Crippen molar-refractivity contribution in [1.82, 2.24) is 5.32 Å². The van der Waals surface area contributed by atoms with Crippen LogP contribution in [0.15, 0.2) is 0 Å². The molecule has 0 saturated carbocycles. The minimum absolute atomic E-state index is 0.0466. The van der Waals surface area contributed by atoms with Crippen molar-refractivity contribution in [3.05, 3.63) is 0 Å². The monoisotopic (exact) mass is 228 g/mol. The minimum Gasteiger partial charge on any atom is -0.377 e. The number of hydrogen-bond donors (Lipinski definition) is 2. The van der Waals surface area contributed by atoms with Gasteiger partial charge in [0.2, 0.25) is 5.91 Å². The van der Waals surface area contributed by atoms with Crippen molar-refractivity contribution in [3.63, 3.8) is 0 Å². The molecule has 3 unspecified atom stereocenters. The summed E-state index contributed by atoms with van der Waals surface area (Å²) in [6, 6.07) is 0.217. The van der Waals surface area contributed by atoms with E-state index in [0.29, 0.717) is 13.2 Å². The smallest absolute Gasteiger partial charge is 0.226 e. The van der Waals surface area contributed by atoms with E-state index in [0.717, 1.165) is 25.7 Å². The summed E-state index contributed by atoms with van der Waals surface area (Å²) in [6.45, 7) is 5.50. The summed E-state index contributed by atoms with van der Waals surface area (Å²) in [5.41, 5.74) is 5.44. The van der Waals surface area contributed by atoms with Gasteiger partial charge in [0.05, 0.1) is 12.0 Å². The number of nitrogens with two attached hydrogens (primary N) is 1. The molecular weight excluding hydrogens is 204 g/mol. The predicted molar refractivity (Wildman–Crippen MR) is 64.0 cm³/mol. The molecule has 1 saturated heterocycles. The number of hydrogen-bond acceptors (Lipinski definition) is 3. The molecule has 1 aliphatic heterocycles. The third kappa shape index (κ3) is 3.76. The summed E-state index contributed by atoms with van der Waals surface area (Å²) in [4.78, 5) is 12.0. The summed E-state index contributed by atoms with van der Waals surface area (Å²) in [7, 11) is 0. The zero-order chi connectivity index (χ0) is 12.0. The summed E-state index contributed by atoms with van der Waals surface area (Å²) < 4.78 is 5.52. The van der Waals surface area contributed by atoms with E-state index in [1.54, 1.807) is 0 Å². The first kappa shape index (κ1) is 13.5. The highest BCUT2D eigenvalue weighted by Gasteiger charge is 2.32. The topological polar surface area (TPSA) is 64.3 Å². The van der Waals surface area contributed by atoms with Gasteiger partial charge in [-0.2, -0.15) is 0 Å². The predicted octanol–water partition coefficient (Wildman–Crippen LogP) is 1.05. The number of carbonyl (C=O) groups is 1. The highest BCUT2D eigenvalue weighted by atomic mass is 16.5. The Balaban J connectivity index is 2.33. The largest absolute Gasteiger partial charge is 0.377 e. The van der Waals surface area contributed by atoms with Crippen LogP contribution in [0.25, 0.3) is 0 Å². The van der Waals surface area contributed by atoms with E-state index in [9.17, 15) is 4.79 Å². The highest BCUT2D eigenvalue weighted by Crippen LogP contribution is 2.23. The van der Waals surface area contributed by atoms with Crippen LogP contribution in [0.2, 0.25) is 0 Å². The van der Waals surface area contributed by atoms with E-state index < -0.39 is 0 Å². The van der Waals surface area contributed by atoms with Gasteiger partial charge in [-0.15, -0.1) is 0 Å². The van der Waals surface area contributed by atoms with Crippen LogP contribution in [0.3, 0.4) is 0 Å². The number of carbonyl (C=O) groups excluding carboxylic acids is 1. The first-order chi connectivity index (χ1) is 7.69. The molecule has 0 radical (unpaired) electrons. The van der Waals surface area contributed by atoms with Crippen molar-refractivity contribution in [3.8, 4) is 0 Å². The molecule has 0 aromatic heterocycles. The Bertz CT molecular complexity index is 221. The second kappa shape index (κ2) is 6.86. The van der Waals surface area contributed by atoms with Gasteiger partial charge in [-0.3, -0.25) is 4.79 Å². The molecule has 3 N–H and O–H groups in total. The van der Waals surface area contributed by atoms with Crippen molar-refractivity contribution in [2.45, 2.75) is 51.7 Å². The van der Waals surface area contributed by atoms with Crippen LogP contribution in [-0.2, 0) is 9.53 Å². The quantitative estimate of drug-likeness (QED) is 0.714.